The maximum Gasteiger partial charge on any atom is 0.148 e. The summed E-state index contributed by atoms with van der Waals surface area (Å²) in [6, 6.07) is 8.50. The summed E-state index contributed by atoms with van der Waals surface area (Å²) in [4.78, 5) is 7.01. The van der Waals surface area contributed by atoms with Crippen molar-refractivity contribution in [2.75, 3.05) is 26.7 Å². The van der Waals surface area contributed by atoms with E-state index >= 15 is 0 Å². The second-order valence-electron chi connectivity index (χ2n) is 4.80. The van der Waals surface area contributed by atoms with Gasteiger partial charge in [-0.2, -0.15) is 0 Å². The second kappa shape index (κ2) is 3.51. The highest BCUT2D eigenvalue weighted by Crippen LogP contribution is 2.28. The van der Waals surface area contributed by atoms with Gasteiger partial charge in [0.1, 0.15) is 11.6 Å². The lowest BCUT2D eigenvalue weighted by Crippen LogP contribution is -2.37. The topological polar surface area (TPSA) is 29.8 Å². The molecule has 0 aliphatic carbocycles. The van der Waals surface area contributed by atoms with Crippen LogP contribution in [0.4, 0.5) is 0 Å². The van der Waals surface area contributed by atoms with Crippen LogP contribution in [0.5, 0.6) is 5.75 Å². The van der Waals surface area contributed by atoms with E-state index in [1.807, 2.05) is 6.07 Å². The lowest BCUT2D eigenvalue weighted by molar-refractivity contribution is 0.408. The fourth-order valence-electron chi connectivity index (χ4n) is 2.97. The number of benzene rings is 1. The Morgan fingerprint density at radius 2 is 2.11 bits per heavy atom. The Morgan fingerprint density at radius 3 is 3.00 bits per heavy atom. The van der Waals surface area contributed by atoms with E-state index in [-0.39, 0.29) is 0 Å². The largest absolute Gasteiger partial charge is 0.497 e. The molecular formula is C14H15N3O. The van der Waals surface area contributed by atoms with Crippen LogP contribution in [0.2, 0.25) is 0 Å². The van der Waals surface area contributed by atoms with Gasteiger partial charge in [0.15, 0.2) is 0 Å². The molecule has 0 saturated carbocycles. The molecule has 0 amide bonds. The third-order valence-electron chi connectivity index (χ3n) is 3.86. The van der Waals surface area contributed by atoms with E-state index in [2.05, 4.69) is 32.7 Å². The van der Waals surface area contributed by atoms with Gasteiger partial charge in [-0.1, -0.05) is 0 Å². The molecule has 4 nitrogen and oxygen atoms in total. The quantitative estimate of drug-likeness (QED) is 0.761. The standard InChI is InChI=1S/C14H15N3O/c1-18-11-2-3-12-10(8-11)9-13-14-15-4-5-16(14)6-7-17(12)13/h2-3,8-9H,4-7H2,1H3. The molecule has 0 bridgehead atoms. The van der Waals surface area contributed by atoms with Gasteiger partial charge in [-0.05, 0) is 24.3 Å². The van der Waals surface area contributed by atoms with Gasteiger partial charge in [0.25, 0.3) is 0 Å². The Labute approximate surface area is 105 Å². The summed E-state index contributed by atoms with van der Waals surface area (Å²) in [5, 5.41) is 1.24. The molecule has 0 unspecified atom stereocenters. The predicted octanol–water partition coefficient (Wildman–Crippen LogP) is 1.73. The molecule has 0 spiro atoms. The van der Waals surface area contributed by atoms with Crippen LogP contribution in [0, 0.1) is 0 Å². The summed E-state index contributed by atoms with van der Waals surface area (Å²) in [6.45, 7) is 4.12. The van der Waals surface area contributed by atoms with Gasteiger partial charge in [-0.25, -0.2) is 0 Å². The van der Waals surface area contributed by atoms with E-state index in [1.165, 1.54) is 16.6 Å². The number of methoxy groups -OCH3 is 1. The van der Waals surface area contributed by atoms with Gasteiger partial charge in [0.05, 0.1) is 19.3 Å². The lowest BCUT2D eigenvalue weighted by atomic mass is 10.2. The van der Waals surface area contributed by atoms with Crippen molar-refractivity contribution in [3.63, 3.8) is 0 Å². The first kappa shape index (κ1) is 10.00. The van der Waals surface area contributed by atoms with Gasteiger partial charge in [-0.3, -0.25) is 4.99 Å². The van der Waals surface area contributed by atoms with Crippen molar-refractivity contribution in [2.45, 2.75) is 6.54 Å². The molecule has 1 aromatic carbocycles. The third kappa shape index (κ3) is 1.23. The predicted molar refractivity (Wildman–Crippen MR) is 71.5 cm³/mol. The van der Waals surface area contributed by atoms with Crippen molar-refractivity contribution in [2.24, 2.45) is 4.99 Å². The van der Waals surface area contributed by atoms with Crippen molar-refractivity contribution in [1.82, 2.24) is 9.47 Å². The Balaban J connectivity index is 1.95. The van der Waals surface area contributed by atoms with Gasteiger partial charge < -0.3 is 14.2 Å². The molecule has 1 aromatic heterocycles. The molecule has 2 aromatic rings. The second-order valence-corrected chi connectivity index (χ2v) is 4.80. The van der Waals surface area contributed by atoms with Gasteiger partial charge in [-0.15, -0.1) is 0 Å². The monoisotopic (exact) mass is 241 g/mol. The van der Waals surface area contributed by atoms with Crippen LogP contribution in [0.15, 0.2) is 29.3 Å². The Hall–Kier alpha value is -1.97. The van der Waals surface area contributed by atoms with Crippen molar-refractivity contribution < 1.29 is 4.74 Å². The summed E-state index contributed by atoms with van der Waals surface area (Å²) in [6.07, 6.45) is 0. The number of hydrogen-bond donors (Lipinski definition) is 0. The van der Waals surface area contributed by atoms with Gasteiger partial charge in [0, 0.05) is 30.5 Å². The van der Waals surface area contributed by atoms with Crippen molar-refractivity contribution in [3.05, 3.63) is 30.0 Å². The molecule has 18 heavy (non-hydrogen) atoms. The number of aromatic nitrogens is 1. The molecule has 2 aliphatic rings. The molecule has 0 saturated heterocycles. The number of rotatable bonds is 1. The number of ether oxygens (including phenoxy) is 1. The maximum absolute atomic E-state index is 5.29. The minimum atomic E-state index is 0.913. The summed E-state index contributed by atoms with van der Waals surface area (Å²) in [5.74, 6) is 2.08. The Bertz CT molecular complexity index is 656. The number of fused-ring (bicyclic) bond motifs is 5. The zero-order valence-electron chi connectivity index (χ0n) is 10.4. The third-order valence-corrected chi connectivity index (χ3v) is 3.86. The molecule has 0 radical (unpaired) electrons. The first-order chi connectivity index (χ1) is 8.86. The highest BCUT2D eigenvalue weighted by Gasteiger charge is 2.26. The molecule has 92 valence electrons. The van der Waals surface area contributed by atoms with E-state index in [0.29, 0.717) is 0 Å². The van der Waals surface area contributed by atoms with Gasteiger partial charge >= 0.3 is 0 Å². The molecule has 3 heterocycles. The molecule has 0 N–H and O–H groups in total. The van der Waals surface area contributed by atoms with E-state index in [4.69, 9.17) is 4.74 Å². The highest BCUT2D eigenvalue weighted by atomic mass is 16.5. The maximum atomic E-state index is 5.29. The van der Waals surface area contributed by atoms with Crippen LogP contribution in [0.1, 0.15) is 5.69 Å². The molecule has 0 atom stereocenters. The number of amidine groups is 1. The molecule has 4 heteroatoms. The normalized spacial score (nSPS) is 17.6. The average molecular weight is 241 g/mol. The van der Waals surface area contributed by atoms with Crippen molar-refractivity contribution in [3.8, 4) is 5.75 Å². The summed E-state index contributed by atoms with van der Waals surface area (Å²) < 4.78 is 7.66. The Morgan fingerprint density at radius 1 is 1.17 bits per heavy atom. The smallest absolute Gasteiger partial charge is 0.148 e. The first-order valence-corrected chi connectivity index (χ1v) is 6.34. The molecule has 2 aliphatic heterocycles. The number of aliphatic imine (C=N–C) groups is 1. The van der Waals surface area contributed by atoms with Crippen LogP contribution < -0.4 is 4.74 Å². The van der Waals surface area contributed by atoms with Crippen molar-refractivity contribution in [1.29, 1.82) is 0 Å². The zero-order chi connectivity index (χ0) is 12.1. The molecule has 0 fully saturated rings. The highest BCUT2D eigenvalue weighted by molar-refractivity contribution is 6.03. The summed E-state index contributed by atoms with van der Waals surface area (Å²) >= 11 is 0. The van der Waals surface area contributed by atoms with Crippen LogP contribution in [-0.2, 0) is 6.54 Å². The van der Waals surface area contributed by atoms with Crippen LogP contribution in [-0.4, -0.2) is 42.0 Å². The number of hydrogen-bond acceptors (Lipinski definition) is 3. The van der Waals surface area contributed by atoms with Crippen molar-refractivity contribution >= 4 is 16.7 Å². The fraction of sp³-hybridized carbons (Fsp3) is 0.357. The zero-order valence-corrected chi connectivity index (χ0v) is 10.4. The van der Waals surface area contributed by atoms with E-state index in [0.717, 1.165) is 37.8 Å². The fourth-order valence-corrected chi connectivity index (χ4v) is 2.97. The van der Waals surface area contributed by atoms with E-state index in [9.17, 15) is 0 Å². The van der Waals surface area contributed by atoms with Crippen LogP contribution in [0.25, 0.3) is 10.9 Å². The SMILES string of the molecule is COc1ccc2c(c1)cc1n2CCN2CCN=C12. The summed E-state index contributed by atoms with van der Waals surface area (Å²) in [5.41, 5.74) is 2.53. The lowest BCUT2D eigenvalue weighted by Gasteiger charge is -2.27. The minimum absolute atomic E-state index is 0.913. The molecular weight excluding hydrogens is 226 g/mol. The average Bonchev–Trinajstić information content (AvgIpc) is 3.00. The number of nitrogens with zero attached hydrogens (tertiary/aromatic N) is 3. The van der Waals surface area contributed by atoms with E-state index in [1.54, 1.807) is 7.11 Å². The van der Waals surface area contributed by atoms with Crippen LogP contribution >= 0.6 is 0 Å². The summed E-state index contributed by atoms with van der Waals surface area (Å²) in [7, 11) is 1.71. The molecule has 4 rings (SSSR count). The minimum Gasteiger partial charge on any atom is -0.497 e. The Kier molecular flexibility index (Phi) is 1.95. The first-order valence-electron chi connectivity index (χ1n) is 6.34. The van der Waals surface area contributed by atoms with Crippen LogP contribution in [0.3, 0.4) is 0 Å². The van der Waals surface area contributed by atoms with E-state index < -0.39 is 0 Å². The van der Waals surface area contributed by atoms with Gasteiger partial charge in [0.2, 0.25) is 0 Å².